The zero-order valence-corrected chi connectivity index (χ0v) is 11.4. The molecule has 1 aromatic rings. The molecule has 0 spiro atoms. The summed E-state index contributed by atoms with van der Waals surface area (Å²) in [5, 5.41) is 0. The van der Waals surface area contributed by atoms with Crippen LogP contribution in [-0.2, 0) is 0 Å². The first-order valence-electron chi connectivity index (χ1n) is 5.20. The first kappa shape index (κ1) is 13.0. The molecule has 4 heteroatoms. The summed E-state index contributed by atoms with van der Waals surface area (Å²) in [7, 11) is 3.46. The Balaban J connectivity index is 3.03. The van der Waals surface area contributed by atoms with Crippen LogP contribution in [0.2, 0.25) is 0 Å². The summed E-state index contributed by atoms with van der Waals surface area (Å²) in [6.45, 7) is 2.65. The fraction of sp³-hybridized carbons (Fsp3) is 0.417. The molecule has 16 heavy (non-hydrogen) atoms. The van der Waals surface area contributed by atoms with Crippen molar-refractivity contribution in [3.8, 4) is 5.75 Å². The first-order valence-corrected chi connectivity index (χ1v) is 5.99. The molecule has 1 amide bonds. The van der Waals surface area contributed by atoms with Gasteiger partial charge in [-0.05, 0) is 24.6 Å². The highest BCUT2D eigenvalue weighted by molar-refractivity contribution is 9.10. The smallest absolute Gasteiger partial charge is 0.257 e. The van der Waals surface area contributed by atoms with E-state index in [2.05, 4.69) is 15.9 Å². The van der Waals surface area contributed by atoms with Gasteiger partial charge in [-0.2, -0.15) is 0 Å². The first-order chi connectivity index (χ1) is 7.56. The monoisotopic (exact) mass is 285 g/mol. The quantitative estimate of drug-likeness (QED) is 0.851. The predicted molar refractivity (Wildman–Crippen MR) is 67.9 cm³/mol. The van der Waals surface area contributed by atoms with E-state index < -0.39 is 0 Å². The van der Waals surface area contributed by atoms with E-state index >= 15 is 0 Å². The van der Waals surface area contributed by atoms with Crippen LogP contribution in [0.25, 0.3) is 0 Å². The van der Waals surface area contributed by atoms with Crippen LogP contribution in [0.3, 0.4) is 0 Å². The lowest BCUT2D eigenvalue weighted by Gasteiger charge is -2.14. The molecule has 0 bridgehead atoms. The zero-order chi connectivity index (χ0) is 12.1. The Kier molecular flexibility index (Phi) is 4.80. The third-order valence-corrected chi connectivity index (χ3v) is 2.53. The van der Waals surface area contributed by atoms with Crippen LogP contribution >= 0.6 is 15.9 Å². The third kappa shape index (κ3) is 3.23. The second-order valence-electron chi connectivity index (χ2n) is 3.69. The summed E-state index contributed by atoms with van der Waals surface area (Å²) >= 11 is 3.36. The molecule has 0 saturated carbocycles. The number of carbonyl (C=O) groups excluding carboxylic acids is 1. The average molecular weight is 286 g/mol. The molecular formula is C12H16BrNO2. The molecule has 3 nitrogen and oxygen atoms in total. The van der Waals surface area contributed by atoms with Crippen molar-refractivity contribution in [3.63, 3.8) is 0 Å². The van der Waals surface area contributed by atoms with E-state index in [4.69, 9.17) is 4.74 Å². The van der Waals surface area contributed by atoms with E-state index in [1.54, 1.807) is 25.1 Å². The van der Waals surface area contributed by atoms with Gasteiger partial charge in [0.2, 0.25) is 0 Å². The van der Waals surface area contributed by atoms with Crippen molar-refractivity contribution in [2.45, 2.75) is 13.3 Å². The number of hydrogen-bond acceptors (Lipinski definition) is 2. The van der Waals surface area contributed by atoms with Gasteiger partial charge in [0, 0.05) is 18.6 Å². The molecule has 0 aromatic heterocycles. The standard InChI is InChI=1S/C12H16BrNO2/c1-4-7-16-11-6-5-9(13)8-10(11)12(15)14(2)3/h5-6,8H,4,7H2,1-3H3. The van der Waals surface area contributed by atoms with Gasteiger partial charge in [0.1, 0.15) is 5.75 Å². The van der Waals surface area contributed by atoms with Gasteiger partial charge in [-0.3, -0.25) is 4.79 Å². The Bertz CT molecular complexity index is 377. The van der Waals surface area contributed by atoms with E-state index in [9.17, 15) is 4.79 Å². The van der Waals surface area contributed by atoms with Crippen molar-refractivity contribution in [2.24, 2.45) is 0 Å². The molecule has 1 rings (SSSR count). The number of benzene rings is 1. The van der Waals surface area contributed by atoms with Gasteiger partial charge in [0.25, 0.3) is 5.91 Å². The summed E-state index contributed by atoms with van der Waals surface area (Å²) in [6, 6.07) is 5.47. The Labute approximate surface area is 105 Å². The number of rotatable bonds is 4. The van der Waals surface area contributed by atoms with Gasteiger partial charge in [0.05, 0.1) is 12.2 Å². The highest BCUT2D eigenvalue weighted by atomic mass is 79.9. The highest BCUT2D eigenvalue weighted by Crippen LogP contribution is 2.24. The molecule has 0 aliphatic rings. The second-order valence-corrected chi connectivity index (χ2v) is 4.60. The summed E-state index contributed by atoms with van der Waals surface area (Å²) < 4.78 is 6.42. The van der Waals surface area contributed by atoms with Crippen LogP contribution in [0, 0.1) is 0 Å². The second kappa shape index (κ2) is 5.89. The Morgan fingerprint density at radius 2 is 2.12 bits per heavy atom. The number of ether oxygens (including phenoxy) is 1. The van der Waals surface area contributed by atoms with E-state index in [1.165, 1.54) is 0 Å². The lowest BCUT2D eigenvalue weighted by atomic mass is 10.2. The molecule has 0 heterocycles. The molecule has 0 unspecified atom stereocenters. The molecule has 0 saturated heterocycles. The van der Waals surface area contributed by atoms with Gasteiger partial charge >= 0.3 is 0 Å². The van der Waals surface area contributed by atoms with Crippen molar-refractivity contribution in [1.29, 1.82) is 0 Å². The van der Waals surface area contributed by atoms with Crippen LogP contribution in [-0.4, -0.2) is 31.5 Å². The minimum atomic E-state index is -0.0487. The fourth-order valence-corrected chi connectivity index (χ4v) is 1.61. The third-order valence-electron chi connectivity index (χ3n) is 2.04. The van der Waals surface area contributed by atoms with E-state index in [1.807, 2.05) is 19.1 Å². The molecule has 0 N–H and O–H groups in total. The highest BCUT2D eigenvalue weighted by Gasteiger charge is 2.14. The van der Waals surface area contributed by atoms with Gasteiger partial charge in [0.15, 0.2) is 0 Å². The predicted octanol–water partition coefficient (Wildman–Crippen LogP) is 2.94. The van der Waals surface area contributed by atoms with E-state index in [0.29, 0.717) is 17.9 Å². The molecule has 0 fully saturated rings. The molecule has 1 aromatic carbocycles. The van der Waals surface area contributed by atoms with Crippen LogP contribution in [0.5, 0.6) is 5.75 Å². The molecule has 0 aliphatic heterocycles. The number of nitrogens with zero attached hydrogens (tertiary/aromatic N) is 1. The summed E-state index contributed by atoms with van der Waals surface area (Å²) in [5.41, 5.74) is 0.591. The number of amides is 1. The van der Waals surface area contributed by atoms with Crippen molar-refractivity contribution < 1.29 is 9.53 Å². The van der Waals surface area contributed by atoms with Crippen LogP contribution in [0.1, 0.15) is 23.7 Å². The van der Waals surface area contributed by atoms with Crippen LogP contribution < -0.4 is 4.74 Å². The molecule has 88 valence electrons. The normalized spacial score (nSPS) is 10.0. The van der Waals surface area contributed by atoms with Gasteiger partial charge in [-0.15, -0.1) is 0 Å². The van der Waals surface area contributed by atoms with Gasteiger partial charge in [-0.25, -0.2) is 0 Å². The molecular weight excluding hydrogens is 270 g/mol. The van der Waals surface area contributed by atoms with Crippen molar-refractivity contribution in [1.82, 2.24) is 4.90 Å². The topological polar surface area (TPSA) is 29.5 Å². The Morgan fingerprint density at radius 3 is 2.69 bits per heavy atom. The molecule has 0 aliphatic carbocycles. The maximum atomic E-state index is 11.9. The minimum Gasteiger partial charge on any atom is -0.493 e. The summed E-state index contributed by atoms with van der Waals surface area (Å²) in [5.74, 6) is 0.594. The fourth-order valence-electron chi connectivity index (χ4n) is 1.25. The zero-order valence-electron chi connectivity index (χ0n) is 9.79. The van der Waals surface area contributed by atoms with E-state index in [-0.39, 0.29) is 5.91 Å². The summed E-state index contributed by atoms with van der Waals surface area (Å²) in [4.78, 5) is 13.4. The summed E-state index contributed by atoms with van der Waals surface area (Å²) in [6.07, 6.45) is 0.922. The van der Waals surface area contributed by atoms with Crippen LogP contribution in [0.15, 0.2) is 22.7 Å². The van der Waals surface area contributed by atoms with Gasteiger partial charge in [-0.1, -0.05) is 22.9 Å². The van der Waals surface area contributed by atoms with Crippen molar-refractivity contribution >= 4 is 21.8 Å². The maximum Gasteiger partial charge on any atom is 0.257 e. The lowest BCUT2D eigenvalue weighted by Crippen LogP contribution is -2.22. The lowest BCUT2D eigenvalue weighted by molar-refractivity contribution is 0.0823. The van der Waals surface area contributed by atoms with Crippen molar-refractivity contribution in [3.05, 3.63) is 28.2 Å². The Hall–Kier alpha value is -1.03. The molecule has 0 radical (unpaired) electrons. The number of hydrogen-bond donors (Lipinski definition) is 0. The van der Waals surface area contributed by atoms with Gasteiger partial charge < -0.3 is 9.64 Å². The van der Waals surface area contributed by atoms with Crippen LogP contribution in [0.4, 0.5) is 0 Å². The largest absolute Gasteiger partial charge is 0.493 e. The number of halogens is 1. The maximum absolute atomic E-state index is 11.9. The Morgan fingerprint density at radius 1 is 1.44 bits per heavy atom. The SMILES string of the molecule is CCCOc1ccc(Br)cc1C(=O)N(C)C. The minimum absolute atomic E-state index is 0.0487. The number of carbonyl (C=O) groups is 1. The van der Waals surface area contributed by atoms with Crippen molar-refractivity contribution in [2.75, 3.05) is 20.7 Å². The van der Waals surface area contributed by atoms with E-state index in [0.717, 1.165) is 10.9 Å². The molecule has 0 atom stereocenters. The average Bonchev–Trinajstić information content (AvgIpc) is 2.26.